The number of ketones is 4. The van der Waals surface area contributed by atoms with Crippen molar-refractivity contribution in [1.82, 2.24) is 0 Å². The second-order valence-corrected chi connectivity index (χ2v) is 20.6. The van der Waals surface area contributed by atoms with Gasteiger partial charge in [0.2, 0.25) is 0 Å². The Kier molecular flexibility index (Phi) is 12.3. The van der Waals surface area contributed by atoms with Gasteiger partial charge in [-0.15, -0.1) is 0 Å². The van der Waals surface area contributed by atoms with Gasteiger partial charge in [0.05, 0.1) is 0 Å². The van der Waals surface area contributed by atoms with Crippen LogP contribution in [0.3, 0.4) is 0 Å². The van der Waals surface area contributed by atoms with Gasteiger partial charge in [0.25, 0.3) is 0 Å². The SMILES string of the molecule is CC(C)(C)c1ccc(C(=O)c2cc(Cc3cc(C(=O)c4ccc(C(C)(C)C)cc4)cc(C(=O)c4ccc(C(C)(C)C)cc4)c3)cc(C(=O)c3ccc(C(C)(C)C)cc3)c2)cc1. The zero-order valence-corrected chi connectivity index (χ0v) is 38.0. The summed E-state index contributed by atoms with van der Waals surface area (Å²) in [5.74, 6) is -0.790. The van der Waals surface area contributed by atoms with E-state index in [1.165, 1.54) is 0 Å². The number of benzene rings is 6. The Morgan fingerprint density at radius 3 is 0.623 bits per heavy atom. The maximum absolute atomic E-state index is 14.2. The molecule has 0 aliphatic carbocycles. The van der Waals surface area contributed by atoms with Crippen LogP contribution in [-0.4, -0.2) is 23.1 Å². The van der Waals surface area contributed by atoms with E-state index >= 15 is 0 Å². The van der Waals surface area contributed by atoms with Crippen molar-refractivity contribution in [2.24, 2.45) is 0 Å². The predicted octanol–water partition coefficient (Wildman–Crippen LogP) is 13.4. The summed E-state index contributed by atoms with van der Waals surface area (Å²) in [6.45, 7) is 25.6. The summed E-state index contributed by atoms with van der Waals surface area (Å²) in [5, 5.41) is 0. The molecule has 0 fully saturated rings. The number of rotatable bonds is 10. The van der Waals surface area contributed by atoms with E-state index in [9.17, 15) is 19.2 Å². The van der Waals surface area contributed by atoms with Crippen molar-refractivity contribution >= 4 is 23.1 Å². The molecule has 0 aliphatic heterocycles. The van der Waals surface area contributed by atoms with E-state index in [-0.39, 0.29) is 51.2 Å². The van der Waals surface area contributed by atoms with E-state index in [0.717, 1.165) is 22.3 Å². The Bertz CT molecular complexity index is 2230. The van der Waals surface area contributed by atoms with E-state index in [4.69, 9.17) is 0 Å². The lowest BCUT2D eigenvalue weighted by Gasteiger charge is -2.19. The molecule has 312 valence electrons. The summed E-state index contributed by atoms with van der Waals surface area (Å²) in [6, 6.07) is 41.3. The normalized spacial score (nSPS) is 12.3. The van der Waals surface area contributed by atoms with E-state index in [2.05, 4.69) is 83.1 Å². The van der Waals surface area contributed by atoms with Crippen molar-refractivity contribution in [1.29, 1.82) is 0 Å². The molecule has 0 amide bonds. The molecule has 0 bridgehead atoms. The number of carbonyl (C=O) groups excluding carboxylic acids is 4. The molecular formula is C57H60O4. The molecule has 0 spiro atoms. The molecule has 0 aromatic heterocycles. The van der Waals surface area contributed by atoms with Crippen LogP contribution in [0.15, 0.2) is 133 Å². The Morgan fingerprint density at radius 1 is 0.279 bits per heavy atom. The third kappa shape index (κ3) is 10.5. The molecule has 0 N–H and O–H groups in total. The van der Waals surface area contributed by atoms with Crippen LogP contribution in [-0.2, 0) is 28.1 Å². The summed E-state index contributed by atoms with van der Waals surface area (Å²) < 4.78 is 0. The molecule has 0 unspecified atom stereocenters. The van der Waals surface area contributed by atoms with Crippen molar-refractivity contribution in [2.75, 3.05) is 0 Å². The lowest BCUT2D eigenvalue weighted by molar-refractivity contribution is 0.102. The van der Waals surface area contributed by atoms with Gasteiger partial charge in [-0.3, -0.25) is 19.2 Å². The largest absolute Gasteiger partial charge is 0.289 e. The van der Waals surface area contributed by atoms with E-state index in [0.29, 0.717) is 55.6 Å². The molecule has 6 rings (SSSR count). The van der Waals surface area contributed by atoms with Gasteiger partial charge in [-0.05, 0) is 97.9 Å². The van der Waals surface area contributed by atoms with Crippen LogP contribution in [0.4, 0.5) is 0 Å². The van der Waals surface area contributed by atoms with E-state index < -0.39 is 0 Å². The minimum Gasteiger partial charge on any atom is -0.289 e. The Balaban J connectivity index is 1.45. The highest BCUT2D eigenvalue weighted by atomic mass is 16.1. The first-order valence-electron chi connectivity index (χ1n) is 21.3. The minimum absolute atomic E-state index is 0.0778. The molecular weight excluding hydrogens is 749 g/mol. The molecule has 0 aliphatic rings. The fourth-order valence-corrected chi connectivity index (χ4v) is 7.50. The van der Waals surface area contributed by atoms with Gasteiger partial charge in [0.1, 0.15) is 0 Å². The first-order valence-corrected chi connectivity index (χ1v) is 21.3. The molecule has 0 saturated heterocycles. The molecule has 0 saturated carbocycles. The Labute approximate surface area is 363 Å². The summed E-state index contributed by atoms with van der Waals surface area (Å²) in [4.78, 5) is 57.0. The topological polar surface area (TPSA) is 68.3 Å². The zero-order valence-electron chi connectivity index (χ0n) is 38.0. The number of hydrogen-bond donors (Lipinski definition) is 0. The maximum atomic E-state index is 14.2. The van der Waals surface area contributed by atoms with Crippen molar-refractivity contribution in [3.63, 3.8) is 0 Å². The summed E-state index contributed by atoms with van der Waals surface area (Å²) in [5.41, 5.74) is 9.19. The molecule has 0 atom stereocenters. The van der Waals surface area contributed by atoms with Crippen LogP contribution in [0.5, 0.6) is 0 Å². The van der Waals surface area contributed by atoms with Crippen LogP contribution >= 0.6 is 0 Å². The average Bonchev–Trinajstić information content (AvgIpc) is 3.21. The number of carbonyl (C=O) groups is 4. The summed E-state index contributed by atoms with van der Waals surface area (Å²) in [7, 11) is 0. The lowest BCUT2D eigenvalue weighted by Crippen LogP contribution is -2.13. The molecule has 0 heterocycles. The van der Waals surface area contributed by atoms with Gasteiger partial charge in [0.15, 0.2) is 23.1 Å². The molecule has 6 aromatic carbocycles. The van der Waals surface area contributed by atoms with E-state index in [1.807, 2.05) is 121 Å². The molecule has 4 nitrogen and oxygen atoms in total. The molecule has 4 heteroatoms. The second kappa shape index (κ2) is 16.8. The van der Waals surface area contributed by atoms with Crippen molar-refractivity contribution in [3.8, 4) is 0 Å². The fraction of sp³-hybridized carbons (Fsp3) is 0.298. The fourth-order valence-electron chi connectivity index (χ4n) is 7.50. The average molecular weight is 809 g/mol. The smallest absolute Gasteiger partial charge is 0.193 e. The zero-order chi connectivity index (χ0) is 44.7. The third-order valence-corrected chi connectivity index (χ3v) is 11.5. The van der Waals surface area contributed by atoms with Gasteiger partial charge in [-0.2, -0.15) is 0 Å². The predicted molar refractivity (Wildman–Crippen MR) is 250 cm³/mol. The van der Waals surface area contributed by atoms with Crippen LogP contribution in [0, 0.1) is 0 Å². The van der Waals surface area contributed by atoms with Crippen molar-refractivity contribution in [2.45, 2.75) is 111 Å². The lowest BCUT2D eigenvalue weighted by atomic mass is 9.85. The highest BCUT2D eigenvalue weighted by Crippen LogP contribution is 2.29. The van der Waals surface area contributed by atoms with Gasteiger partial charge in [-0.1, -0.05) is 180 Å². The van der Waals surface area contributed by atoms with Crippen LogP contribution in [0.1, 0.15) is 180 Å². The summed E-state index contributed by atoms with van der Waals surface area (Å²) >= 11 is 0. The third-order valence-electron chi connectivity index (χ3n) is 11.5. The van der Waals surface area contributed by atoms with Gasteiger partial charge < -0.3 is 0 Å². The van der Waals surface area contributed by atoms with Crippen molar-refractivity contribution in [3.05, 3.63) is 211 Å². The highest BCUT2D eigenvalue weighted by molar-refractivity contribution is 6.14. The molecule has 61 heavy (non-hydrogen) atoms. The monoisotopic (exact) mass is 808 g/mol. The Morgan fingerprint density at radius 2 is 0.459 bits per heavy atom. The van der Waals surface area contributed by atoms with Gasteiger partial charge in [0, 0.05) is 44.5 Å². The standard InChI is InChI=1S/C57H60O4/c1-54(2,3)46-21-13-38(14-22-46)50(58)42-30-36(31-43(34-42)51(59)39-15-23-47(24-16-39)55(4,5)6)29-37-32-44(52(60)40-17-25-48(26-18-40)56(7,8)9)35-45(33-37)53(61)41-19-27-49(28-20-41)57(10,11)12/h13-28,30-35H,29H2,1-12H3. The second-order valence-electron chi connectivity index (χ2n) is 20.6. The van der Waals surface area contributed by atoms with Gasteiger partial charge >= 0.3 is 0 Å². The first kappa shape index (κ1) is 44.5. The minimum atomic E-state index is -0.198. The quantitative estimate of drug-likeness (QED) is 0.129. The van der Waals surface area contributed by atoms with Gasteiger partial charge in [-0.25, -0.2) is 0 Å². The summed E-state index contributed by atoms with van der Waals surface area (Å²) in [6.07, 6.45) is 0.265. The van der Waals surface area contributed by atoms with Crippen LogP contribution in [0.2, 0.25) is 0 Å². The van der Waals surface area contributed by atoms with E-state index in [1.54, 1.807) is 12.1 Å². The van der Waals surface area contributed by atoms with Crippen LogP contribution in [0.25, 0.3) is 0 Å². The Hall–Kier alpha value is -6.00. The van der Waals surface area contributed by atoms with Crippen molar-refractivity contribution < 1.29 is 19.2 Å². The molecule has 0 radical (unpaired) electrons. The first-order chi connectivity index (χ1) is 28.4. The number of hydrogen-bond acceptors (Lipinski definition) is 4. The molecule has 6 aromatic rings. The maximum Gasteiger partial charge on any atom is 0.193 e. The highest BCUT2D eigenvalue weighted by Gasteiger charge is 2.23. The van der Waals surface area contributed by atoms with Crippen LogP contribution < -0.4 is 0 Å².